The number of allylic oxidation sites excluding steroid dienone is 2. The average molecular weight is 307 g/mol. The van der Waals surface area contributed by atoms with Crippen LogP contribution in [0.25, 0.3) is 0 Å². The lowest BCUT2D eigenvalue weighted by Crippen LogP contribution is -2.40. The fourth-order valence-electron chi connectivity index (χ4n) is 2.50. The Balaban J connectivity index is 2.15. The van der Waals surface area contributed by atoms with Crippen LogP contribution < -0.4 is 5.32 Å². The third-order valence-electron chi connectivity index (χ3n) is 3.66. The first kappa shape index (κ1) is 15.6. The van der Waals surface area contributed by atoms with Gasteiger partial charge in [0.25, 0.3) is 0 Å². The van der Waals surface area contributed by atoms with Crippen LogP contribution in [0.4, 0.5) is 5.69 Å². The molecular formula is C16H19ClN2O2. The first-order valence-corrected chi connectivity index (χ1v) is 7.30. The lowest BCUT2D eigenvalue weighted by Gasteiger charge is -2.28. The summed E-state index contributed by atoms with van der Waals surface area (Å²) in [5.41, 5.74) is 0.578. The minimum Gasteiger partial charge on any atom is -0.349 e. The lowest BCUT2D eigenvalue weighted by molar-refractivity contribution is -0.138. The molecule has 2 amide bonds. The SMILES string of the molecule is CN(C)C(=O)C1CC=CCC1C(=O)Nc1ccccc1Cl. The minimum atomic E-state index is -0.360. The zero-order valence-electron chi connectivity index (χ0n) is 12.2. The van der Waals surface area contributed by atoms with E-state index < -0.39 is 0 Å². The number of amides is 2. The number of halogens is 1. The summed E-state index contributed by atoms with van der Waals surface area (Å²) < 4.78 is 0. The number of hydrogen-bond acceptors (Lipinski definition) is 2. The maximum absolute atomic E-state index is 12.5. The molecule has 112 valence electrons. The van der Waals surface area contributed by atoms with E-state index in [4.69, 9.17) is 11.6 Å². The molecule has 0 saturated carbocycles. The van der Waals surface area contributed by atoms with Crippen LogP contribution in [-0.4, -0.2) is 30.8 Å². The molecule has 2 unspecified atom stereocenters. The van der Waals surface area contributed by atoms with Crippen molar-refractivity contribution in [2.45, 2.75) is 12.8 Å². The smallest absolute Gasteiger partial charge is 0.228 e. The van der Waals surface area contributed by atoms with Gasteiger partial charge in [-0.3, -0.25) is 9.59 Å². The molecule has 0 aromatic heterocycles. The van der Waals surface area contributed by atoms with Crippen LogP contribution in [0.2, 0.25) is 5.02 Å². The molecule has 5 heteroatoms. The molecule has 0 saturated heterocycles. The summed E-state index contributed by atoms with van der Waals surface area (Å²) in [7, 11) is 3.42. The predicted octanol–water partition coefficient (Wildman–Crippen LogP) is 2.95. The first-order valence-electron chi connectivity index (χ1n) is 6.92. The molecule has 1 aliphatic rings. The Hall–Kier alpha value is -1.81. The van der Waals surface area contributed by atoms with Crippen LogP contribution in [0.5, 0.6) is 0 Å². The fraction of sp³-hybridized carbons (Fsp3) is 0.375. The number of rotatable bonds is 3. The number of nitrogens with one attached hydrogen (secondary N) is 1. The Morgan fingerprint density at radius 2 is 1.76 bits per heavy atom. The second kappa shape index (κ2) is 6.76. The summed E-state index contributed by atoms with van der Waals surface area (Å²) in [5, 5.41) is 3.32. The molecule has 1 N–H and O–H groups in total. The highest BCUT2D eigenvalue weighted by atomic mass is 35.5. The van der Waals surface area contributed by atoms with Crippen LogP contribution in [0, 0.1) is 11.8 Å². The van der Waals surface area contributed by atoms with Crippen molar-refractivity contribution >= 4 is 29.1 Å². The van der Waals surface area contributed by atoms with Gasteiger partial charge in [-0.2, -0.15) is 0 Å². The third-order valence-corrected chi connectivity index (χ3v) is 3.99. The van der Waals surface area contributed by atoms with Crippen molar-refractivity contribution in [1.29, 1.82) is 0 Å². The van der Waals surface area contributed by atoms with Gasteiger partial charge < -0.3 is 10.2 Å². The van der Waals surface area contributed by atoms with Crippen LogP contribution in [0.15, 0.2) is 36.4 Å². The summed E-state index contributed by atoms with van der Waals surface area (Å²) in [6.45, 7) is 0. The van der Waals surface area contributed by atoms with Crippen molar-refractivity contribution in [2.24, 2.45) is 11.8 Å². The second-order valence-corrected chi connectivity index (χ2v) is 5.76. The van der Waals surface area contributed by atoms with E-state index in [0.717, 1.165) is 0 Å². The average Bonchev–Trinajstić information content (AvgIpc) is 2.48. The molecule has 4 nitrogen and oxygen atoms in total. The van der Waals surface area contributed by atoms with E-state index in [9.17, 15) is 9.59 Å². The van der Waals surface area contributed by atoms with E-state index in [-0.39, 0.29) is 23.7 Å². The molecule has 2 atom stereocenters. The summed E-state index contributed by atoms with van der Waals surface area (Å²) in [6, 6.07) is 7.09. The van der Waals surface area contributed by atoms with Crippen molar-refractivity contribution in [1.82, 2.24) is 4.90 Å². The van der Waals surface area contributed by atoms with Gasteiger partial charge in [-0.25, -0.2) is 0 Å². The first-order chi connectivity index (χ1) is 10.0. The van der Waals surface area contributed by atoms with Gasteiger partial charge in [0.2, 0.25) is 11.8 Å². The molecule has 1 aromatic rings. The monoisotopic (exact) mass is 306 g/mol. The number of hydrogen-bond donors (Lipinski definition) is 1. The van der Waals surface area contributed by atoms with Crippen molar-refractivity contribution in [2.75, 3.05) is 19.4 Å². The molecule has 21 heavy (non-hydrogen) atoms. The number of anilines is 1. The molecular weight excluding hydrogens is 288 g/mol. The molecule has 0 bridgehead atoms. The van der Waals surface area contributed by atoms with E-state index in [1.165, 1.54) is 0 Å². The zero-order chi connectivity index (χ0) is 15.4. The van der Waals surface area contributed by atoms with E-state index in [1.807, 2.05) is 18.2 Å². The van der Waals surface area contributed by atoms with Crippen LogP contribution in [0.1, 0.15) is 12.8 Å². The molecule has 2 rings (SSSR count). The van der Waals surface area contributed by atoms with Gasteiger partial charge in [0.05, 0.1) is 22.5 Å². The highest BCUT2D eigenvalue weighted by molar-refractivity contribution is 6.33. The van der Waals surface area contributed by atoms with Gasteiger partial charge in [-0.05, 0) is 25.0 Å². The lowest BCUT2D eigenvalue weighted by atomic mass is 9.81. The Morgan fingerprint density at radius 3 is 2.38 bits per heavy atom. The fourth-order valence-corrected chi connectivity index (χ4v) is 2.68. The number of benzene rings is 1. The van der Waals surface area contributed by atoms with E-state index in [0.29, 0.717) is 23.6 Å². The Labute approximate surface area is 129 Å². The molecule has 1 aromatic carbocycles. The Morgan fingerprint density at radius 1 is 1.14 bits per heavy atom. The standard InChI is InChI=1S/C16H19ClN2O2/c1-19(2)16(21)12-8-4-3-7-11(12)15(20)18-14-10-6-5-9-13(14)17/h3-6,9-12H,7-8H2,1-2H3,(H,18,20). The molecule has 0 radical (unpaired) electrons. The van der Waals surface area contributed by atoms with Gasteiger partial charge in [0.1, 0.15) is 0 Å². The minimum absolute atomic E-state index is 0.0151. The van der Waals surface area contributed by atoms with Crippen LogP contribution >= 0.6 is 11.6 Å². The van der Waals surface area contributed by atoms with E-state index in [2.05, 4.69) is 5.32 Å². The van der Waals surface area contributed by atoms with Gasteiger partial charge in [0, 0.05) is 14.1 Å². The van der Waals surface area contributed by atoms with Crippen LogP contribution in [0.3, 0.4) is 0 Å². The summed E-state index contributed by atoms with van der Waals surface area (Å²) in [4.78, 5) is 26.2. The topological polar surface area (TPSA) is 49.4 Å². The third kappa shape index (κ3) is 3.64. The van der Waals surface area contributed by atoms with Crippen molar-refractivity contribution in [3.63, 3.8) is 0 Å². The largest absolute Gasteiger partial charge is 0.349 e. The molecule has 0 fully saturated rings. The van der Waals surface area contributed by atoms with Gasteiger partial charge in [0.15, 0.2) is 0 Å². The normalized spacial score (nSPS) is 20.9. The number of carbonyl (C=O) groups excluding carboxylic acids is 2. The summed E-state index contributed by atoms with van der Waals surface area (Å²) in [6.07, 6.45) is 5.08. The van der Waals surface area contributed by atoms with Crippen LogP contribution in [-0.2, 0) is 9.59 Å². The molecule has 0 spiro atoms. The number of nitrogens with zero attached hydrogens (tertiary/aromatic N) is 1. The molecule has 0 heterocycles. The number of para-hydroxylation sites is 1. The van der Waals surface area contributed by atoms with Gasteiger partial charge in [-0.15, -0.1) is 0 Å². The maximum Gasteiger partial charge on any atom is 0.228 e. The predicted molar refractivity (Wildman–Crippen MR) is 84.1 cm³/mol. The van der Waals surface area contributed by atoms with Gasteiger partial charge >= 0.3 is 0 Å². The van der Waals surface area contributed by atoms with Crippen molar-refractivity contribution < 1.29 is 9.59 Å². The van der Waals surface area contributed by atoms with Crippen molar-refractivity contribution in [3.05, 3.63) is 41.4 Å². The van der Waals surface area contributed by atoms with E-state index in [1.54, 1.807) is 37.2 Å². The van der Waals surface area contributed by atoms with Gasteiger partial charge in [-0.1, -0.05) is 35.9 Å². The molecule has 1 aliphatic carbocycles. The highest BCUT2D eigenvalue weighted by Crippen LogP contribution is 2.29. The zero-order valence-corrected chi connectivity index (χ0v) is 12.9. The van der Waals surface area contributed by atoms with E-state index >= 15 is 0 Å². The second-order valence-electron chi connectivity index (χ2n) is 5.36. The molecule has 0 aliphatic heterocycles. The quantitative estimate of drug-likeness (QED) is 0.873. The summed E-state index contributed by atoms with van der Waals surface area (Å²) in [5.74, 6) is -0.847. The van der Waals surface area contributed by atoms with Crippen molar-refractivity contribution in [3.8, 4) is 0 Å². The maximum atomic E-state index is 12.5. The Bertz CT molecular complexity index is 569. The highest BCUT2D eigenvalue weighted by Gasteiger charge is 2.34. The number of carbonyl (C=O) groups is 2. The summed E-state index contributed by atoms with van der Waals surface area (Å²) >= 11 is 6.05. The Kier molecular flexibility index (Phi) is 5.02.